The molecule has 0 aliphatic heterocycles. The number of benzene rings is 1. The van der Waals surface area contributed by atoms with Crippen molar-refractivity contribution < 1.29 is 13.9 Å². The first-order chi connectivity index (χ1) is 6.47. The van der Waals surface area contributed by atoms with E-state index in [0.717, 1.165) is 6.07 Å². The van der Waals surface area contributed by atoms with Crippen LogP contribution in [-0.2, 0) is 0 Å². The minimum absolute atomic E-state index is 0.268. The lowest BCUT2D eigenvalue weighted by atomic mass is 9.85. The molecule has 14 heavy (non-hydrogen) atoms. The van der Waals surface area contributed by atoms with Gasteiger partial charge in [-0.15, -0.1) is 0 Å². The van der Waals surface area contributed by atoms with E-state index < -0.39 is 17.4 Å². The maximum absolute atomic E-state index is 13.8. The second-order valence-electron chi connectivity index (χ2n) is 4.06. The summed E-state index contributed by atoms with van der Waals surface area (Å²) in [6.45, 7) is 2.93. The van der Waals surface area contributed by atoms with Crippen LogP contribution in [0, 0.1) is 11.2 Å². The summed E-state index contributed by atoms with van der Waals surface area (Å²) in [5, 5.41) is 8.96. The zero-order chi connectivity index (χ0) is 10.8. The third kappa shape index (κ3) is 2.29. The van der Waals surface area contributed by atoms with Crippen molar-refractivity contribution in [2.45, 2.75) is 20.0 Å². The van der Waals surface area contributed by atoms with Crippen molar-refractivity contribution in [2.24, 2.45) is 5.41 Å². The molecule has 1 N–H and O–H groups in total. The molecule has 0 heterocycles. The van der Waals surface area contributed by atoms with Crippen molar-refractivity contribution in [2.75, 3.05) is 6.61 Å². The molecule has 0 bridgehead atoms. The van der Waals surface area contributed by atoms with E-state index in [4.69, 9.17) is 5.11 Å². The summed E-state index contributed by atoms with van der Waals surface area (Å²) in [6.07, 6.45) is -1.36. The maximum Gasteiger partial charge on any atom is 0.132 e. The molecule has 78 valence electrons. The molecule has 1 aromatic carbocycles. The highest BCUT2D eigenvalue weighted by Gasteiger charge is 2.30. The maximum atomic E-state index is 13.8. The summed E-state index contributed by atoms with van der Waals surface area (Å²) < 4.78 is 26.6. The van der Waals surface area contributed by atoms with Crippen LogP contribution < -0.4 is 0 Å². The Morgan fingerprint density at radius 1 is 1.43 bits per heavy atom. The van der Waals surface area contributed by atoms with E-state index in [9.17, 15) is 8.78 Å². The standard InChI is InChI=1S/C11H14F2O/c1-11(2,7-14)10(13)8-4-3-5-9(12)6-8/h3-6,10,14H,7H2,1-2H3. The molecule has 0 saturated heterocycles. The van der Waals surface area contributed by atoms with Gasteiger partial charge in [0.2, 0.25) is 0 Å². The van der Waals surface area contributed by atoms with Crippen molar-refractivity contribution in [3.63, 3.8) is 0 Å². The zero-order valence-corrected chi connectivity index (χ0v) is 8.30. The van der Waals surface area contributed by atoms with Gasteiger partial charge in [0.1, 0.15) is 12.0 Å². The Morgan fingerprint density at radius 2 is 2.07 bits per heavy atom. The minimum atomic E-state index is -1.36. The summed E-state index contributed by atoms with van der Waals surface area (Å²) in [5.41, 5.74) is -0.614. The molecule has 1 atom stereocenters. The van der Waals surface area contributed by atoms with Crippen molar-refractivity contribution in [1.82, 2.24) is 0 Å². The second kappa shape index (κ2) is 4.05. The number of aliphatic hydroxyl groups excluding tert-OH is 1. The Morgan fingerprint density at radius 3 is 2.57 bits per heavy atom. The zero-order valence-electron chi connectivity index (χ0n) is 8.30. The summed E-state index contributed by atoms with van der Waals surface area (Å²) in [6, 6.07) is 5.40. The largest absolute Gasteiger partial charge is 0.396 e. The Hall–Kier alpha value is -0.960. The van der Waals surface area contributed by atoms with Gasteiger partial charge in [0.05, 0.1) is 6.61 Å². The number of hydrogen-bond acceptors (Lipinski definition) is 1. The molecule has 1 rings (SSSR count). The predicted molar refractivity (Wildman–Crippen MR) is 51.1 cm³/mol. The average molecular weight is 200 g/mol. The SMILES string of the molecule is CC(C)(CO)C(F)c1cccc(F)c1. The van der Waals surface area contributed by atoms with Crippen LogP contribution in [0.25, 0.3) is 0 Å². The molecule has 3 heteroatoms. The second-order valence-corrected chi connectivity index (χ2v) is 4.06. The van der Waals surface area contributed by atoms with E-state index in [-0.39, 0.29) is 12.2 Å². The lowest BCUT2D eigenvalue weighted by Gasteiger charge is -2.26. The Labute approximate surface area is 82.4 Å². The van der Waals surface area contributed by atoms with E-state index in [2.05, 4.69) is 0 Å². The van der Waals surface area contributed by atoms with Gasteiger partial charge in [0.15, 0.2) is 0 Å². The van der Waals surface area contributed by atoms with Gasteiger partial charge in [0.25, 0.3) is 0 Å². The predicted octanol–water partition coefficient (Wildman–Crippen LogP) is 2.85. The molecular formula is C11H14F2O. The molecule has 0 radical (unpaired) electrons. The summed E-state index contributed by atoms with van der Waals surface area (Å²) in [5.74, 6) is -0.459. The van der Waals surface area contributed by atoms with Crippen LogP contribution in [0.1, 0.15) is 25.6 Å². The molecule has 1 unspecified atom stereocenters. The quantitative estimate of drug-likeness (QED) is 0.795. The van der Waals surface area contributed by atoms with Crippen LogP contribution in [0.4, 0.5) is 8.78 Å². The number of aliphatic hydroxyl groups is 1. The monoisotopic (exact) mass is 200 g/mol. The number of halogens is 2. The molecule has 1 nitrogen and oxygen atoms in total. The number of rotatable bonds is 3. The Balaban J connectivity index is 2.94. The van der Waals surface area contributed by atoms with Crippen LogP contribution >= 0.6 is 0 Å². The molecule has 1 aromatic rings. The normalized spacial score (nSPS) is 14.1. The minimum Gasteiger partial charge on any atom is -0.396 e. The first kappa shape index (κ1) is 11.1. The third-order valence-corrected chi connectivity index (χ3v) is 2.23. The molecule has 0 aromatic heterocycles. The van der Waals surface area contributed by atoms with E-state index in [0.29, 0.717) is 0 Å². The molecule has 0 aliphatic rings. The summed E-state index contributed by atoms with van der Waals surface area (Å²) in [7, 11) is 0. The Bertz CT molecular complexity index is 310. The first-order valence-corrected chi connectivity index (χ1v) is 4.48. The van der Waals surface area contributed by atoms with Crippen LogP contribution in [0.2, 0.25) is 0 Å². The van der Waals surface area contributed by atoms with Crippen molar-refractivity contribution in [1.29, 1.82) is 0 Å². The van der Waals surface area contributed by atoms with Crippen LogP contribution in [0.5, 0.6) is 0 Å². The molecule has 0 aliphatic carbocycles. The fourth-order valence-electron chi connectivity index (χ4n) is 1.20. The number of alkyl halides is 1. The van der Waals surface area contributed by atoms with Gasteiger partial charge < -0.3 is 5.11 Å². The van der Waals surface area contributed by atoms with Crippen molar-refractivity contribution in [3.8, 4) is 0 Å². The highest BCUT2D eigenvalue weighted by molar-refractivity contribution is 5.20. The van der Waals surface area contributed by atoms with Gasteiger partial charge >= 0.3 is 0 Å². The number of hydrogen-bond donors (Lipinski definition) is 1. The first-order valence-electron chi connectivity index (χ1n) is 4.48. The van der Waals surface area contributed by atoms with Crippen LogP contribution in [0.3, 0.4) is 0 Å². The lowest BCUT2D eigenvalue weighted by Crippen LogP contribution is -2.23. The van der Waals surface area contributed by atoms with Gasteiger partial charge in [-0.2, -0.15) is 0 Å². The van der Waals surface area contributed by atoms with Crippen molar-refractivity contribution in [3.05, 3.63) is 35.6 Å². The molecule has 0 spiro atoms. The van der Waals surface area contributed by atoms with E-state index >= 15 is 0 Å². The van der Waals surface area contributed by atoms with Gasteiger partial charge in [0, 0.05) is 5.41 Å². The Kier molecular flexibility index (Phi) is 3.21. The smallest absolute Gasteiger partial charge is 0.132 e. The van der Waals surface area contributed by atoms with E-state index in [1.165, 1.54) is 18.2 Å². The summed E-state index contributed by atoms with van der Waals surface area (Å²) >= 11 is 0. The van der Waals surface area contributed by atoms with Crippen LogP contribution in [-0.4, -0.2) is 11.7 Å². The van der Waals surface area contributed by atoms with E-state index in [1.807, 2.05) is 0 Å². The summed E-state index contributed by atoms with van der Waals surface area (Å²) in [4.78, 5) is 0. The van der Waals surface area contributed by atoms with Gasteiger partial charge in [-0.25, -0.2) is 8.78 Å². The topological polar surface area (TPSA) is 20.2 Å². The van der Waals surface area contributed by atoms with E-state index in [1.54, 1.807) is 13.8 Å². The highest BCUT2D eigenvalue weighted by Crippen LogP contribution is 2.36. The molecular weight excluding hydrogens is 186 g/mol. The third-order valence-electron chi connectivity index (χ3n) is 2.23. The average Bonchev–Trinajstić information content (AvgIpc) is 2.16. The van der Waals surface area contributed by atoms with Gasteiger partial charge in [-0.1, -0.05) is 26.0 Å². The van der Waals surface area contributed by atoms with Gasteiger partial charge in [-0.3, -0.25) is 0 Å². The lowest BCUT2D eigenvalue weighted by molar-refractivity contribution is 0.0663. The van der Waals surface area contributed by atoms with Gasteiger partial charge in [-0.05, 0) is 17.7 Å². The highest BCUT2D eigenvalue weighted by atomic mass is 19.1. The molecule has 0 amide bonds. The molecule has 0 saturated carbocycles. The van der Waals surface area contributed by atoms with Crippen LogP contribution in [0.15, 0.2) is 24.3 Å². The molecule has 0 fully saturated rings. The fourth-order valence-corrected chi connectivity index (χ4v) is 1.20. The van der Waals surface area contributed by atoms with Crippen molar-refractivity contribution >= 4 is 0 Å². The fraction of sp³-hybridized carbons (Fsp3) is 0.455.